The normalized spacial score (nSPS) is 15.4. The minimum Gasteiger partial charge on any atom is -0.494 e. The summed E-state index contributed by atoms with van der Waals surface area (Å²) in [6.07, 6.45) is 6.07. The van der Waals surface area contributed by atoms with Crippen LogP contribution in [-0.4, -0.2) is 64.2 Å². The van der Waals surface area contributed by atoms with Gasteiger partial charge in [0.15, 0.2) is 17.4 Å². The number of amides is 1. The molecule has 45 heavy (non-hydrogen) atoms. The lowest BCUT2D eigenvalue weighted by atomic mass is 10.1. The van der Waals surface area contributed by atoms with Gasteiger partial charge in [0.05, 0.1) is 48.5 Å². The molecule has 2 aromatic heterocycles. The first-order valence-electron chi connectivity index (χ1n) is 14.2. The maximum absolute atomic E-state index is 15.4. The summed E-state index contributed by atoms with van der Waals surface area (Å²) < 4.78 is 48.9. The zero-order chi connectivity index (χ0) is 31.7. The summed E-state index contributed by atoms with van der Waals surface area (Å²) in [4.78, 5) is 27.7. The highest BCUT2D eigenvalue weighted by Crippen LogP contribution is 2.39. The Morgan fingerprint density at radius 2 is 1.78 bits per heavy atom. The van der Waals surface area contributed by atoms with Gasteiger partial charge in [0.2, 0.25) is 0 Å². The van der Waals surface area contributed by atoms with Gasteiger partial charge in [-0.3, -0.25) is 9.69 Å². The van der Waals surface area contributed by atoms with E-state index in [1.807, 2.05) is 29.6 Å². The number of hydrogen-bond donors (Lipinski definition) is 2. The summed E-state index contributed by atoms with van der Waals surface area (Å²) in [5, 5.41) is 6.14. The molecule has 1 aliphatic rings. The third kappa shape index (κ3) is 6.07. The fourth-order valence-electron chi connectivity index (χ4n) is 5.34. The molecule has 5 aromatic rings. The van der Waals surface area contributed by atoms with E-state index in [0.29, 0.717) is 22.2 Å². The lowest BCUT2D eigenvalue weighted by Gasteiger charge is -2.17. The molecule has 0 aliphatic carbocycles. The minimum atomic E-state index is -0.902. The number of hydrogen-bond acceptors (Lipinski definition) is 9. The second-order valence-corrected chi connectivity index (χ2v) is 10.7. The van der Waals surface area contributed by atoms with Crippen LogP contribution in [0.5, 0.6) is 23.0 Å². The number of methoxy groups -OCH3 is 2. The van der Waals surface area contributed by atoms with Gasteiger partial charge in [0.1, 0.15) is 29.4 Å². The number of carbonyl (C=O) groups is 1. The number of likely N-dealkylation sites (tertiary alicyclic amines) is 1. The molecule has 0 saturated carbocycles. The molecule has 3 aromatic carbocycles. The highest BCUT2D eigenvalue weighted by Gasteiger charge is 2.23. The van der Waals surface area contributed by atoms with Gasteiger partial charge in [-0.05, 0) is 50.7 Å². The number of aromatic nitrogens is 4. The Bertz CT molecular complexity index is 1940. The van der Waals surface area contributed by atoms with Crippen LogP contribution in [0.1, 0.15) is 12.8 Å². The van der Waals surface area contributed by atoms with Crippen LogP contribution in [0, 0.1) is 5.82 Å². The first-order valence-corrected chi connectivity index (χ1v) is 14.2. The van der Waals surface area contributed by atoms with E-state index < -0.39 is 17.6 Å². The summed E-state index contributed by atoms with van der Waals surface area (Å²) in [5.41, 5.74) is 2.57. The highest BCUT2D eigenvalue weighted by molar-refractivity contribution is 6.05. The van der Waals surface area contributed by atoms with Crippen molar-refractivity contribution < 1.29 is 27.8 Å². The van der Waals surface area contributed by atoms with Crippen LogP contribution in [0.2, 0.25) is 0 Å². The van der Waals surface area contributed by atoms with Gasteiger partial charge >= 0.3 is 0 Å². The number of anilines is 3. The second kappa shape index (κ2) is 12.4. The van der Waals surface area contributed by atoms with Gasteiger partial charge < -0.3 is 29.4 Å². The molecule has 1 amide bonds. The van der Waals surface area contributed by atoms with Crippen molar-refractivity contribution in [3.05, 3.63) is 72.8 Å². The Kier molecular flexibility index (Phi) is 8.18. The van der Waals surface area contributed by atoms with Crippen molar-refractivity contribution in [1.82, 2.24) is 24.4 Å². The molecule has 3 heterocycles. The number of rotatable bonds is 9. The average Bonchev–Trinajstić information content (AvgIpc) is 3.62. The lowest BCUT2D eigenvalue weighted by molar-refractivity contribution is -0.114. The standard InChI is InChI=1S/C32H31F2N7O4/c1-40-9-5-6-18(40)10-22(34)32(42)39-25-12-20-23(14-29(25)43-3)35-16-36-31(20)38-26-13-21(33)28(15-30(26)44-4)45-19-7-8-27-24(11-19)37-17-41(27)2/h7-8,10-18H,5-6,9H2,1-4H3,(H,39,42)(H,35,36,38)/b22-10+. The quantitative estimate of drug-likeness (QED) is 0.190. The van der Waals surface area contributed by atoms with E-state index in [9.17, 15) is 9.18 Å². The number of carbonyl (C=O) groups excluding carboxylic acids is 1. The zero-order valence-corrected chi connectivity index (χ0v) is 25.1. The number of benzene rings is 3. The predicted molar refractivity (Wildman–Crippen MR) is 167 cm³/mol. The van der Waals surface area contributed by atoms with Gasteiger partial charge in [-0.2, -0.15) is 0 Å². The van der Waals surface area contributed by atoms with Gasteiger partial charge in [0.25, 0.3) is 5.91 Å². The molecule has 1 fully saturated rings. The van der Waals surface area contributed by atoms with E-state index in [1.165, 1.54) is 38.8 Å². The molecule has 1 unspecified atom stereocenters. The molecule has 0 radical (unpaired) electrons. The molecule has 0 bridgehead atoms. The van der Waals surface area contributed by atoms with Crippen molar-refractivity contribution in [1.29, 1.82) is 0 Å². The maximum Gasteiger partial charge on any atom is 0.284 e. The van der Waals surface area contributed by atoms with Gasteiger partial charge in [-0.25, -0.2) is 23.7 Å². The fraction of sp³-hybridized carbons (Fsp3) is 0.250. The number of ether oxygens (including phenoxy) is 3. The zero-order valence-electron chi connectivity index (χ0n) is 25.1. The third-order valence-electron chi connectivity index (χ3n) is 7.77. The topological polar surface area (TPSA) is 116 Å². The molecule has 232 valence electrons. The summed E-state index contributed by atoms with van der Waals surface area (Å²) >= 11 is 0. The van der Waals surface area contributed by atoms with Crippen molar-refractivity contribution in [2.45, 2.75) is 18.9 Å². The molecule has 2 N–H and O–H groups in total. The number of nitrogens with one attached hydrogen (secondary N) is 2. The lowest BCUT2D eigenvalue weighted by Crippen LogP contribution is -2.24. The summed E-state index contributed by atoms with van der Waals surface area (Å²) in [6.45, 7) is 0.844. The highest BCUT2D eigenvalue weighted by atomic mass is 19.1. The smallest absolute Gasteiger partial charge is 0.284 e. The van der Waals surface area contributed by atoms with Crippen LogP contribution in [0.25, 0.3) is 21.9 Å². The van der Waals surface area contributed by atoms with Crippen LogP contribution < -0.4 is 24.8 Å². The predicted octanol–water partition coefficient (Wildman–Crippen LogP) is 6.09. The SMILES string of the molecule is COc1cc2ncnc(Nc3cc(F)c(Oc4ccc5c(c4)ncn5C)cc3OC)c2cc1NC(=O)/C(F)=C\C1CCCN1C. The Balaban J connectivity index is 1.28. The van der Waals surface area contributed by atoms with E-state index in [0.717, 1.165) is 24.9 Å². The van der Waals surface area contributed by atoms with Crippen LogP contribution >= 0.6 is 0 Å². The van der Waals surface area contributed by atoms with Crippen LogP contribution in [0.15, 0.2) is 67.0 Å². The van der Waals surface area contributed by atoms with E-state index >= 15 is 4.39 Å². The number of nitrogens with zero attached hydrogens (tertiary/aromatic N) is 5. The molecule has 1 atom stereocenters. The second-order valence-electron chi connectivity index (χ2n) is 10.7. The first kappa shape index (κ1) is 29.8. The van der Waals surface area contributed by atoms with Gasteiger partial charge in [-0.15, -0.1) is 0 Å². The number of fused-ring (bicyclic) bond motifs is 2. The molecular weight excluding hydrogens is 584 g/mol. The van der Waals surface area contributed by atoms with Crippen LogP contribution in [0.4, 0.5) is 26.0 Å². The monoisotopic (exact) mass is 615 g/mol. The fourth-order valence-corrected chi connectivity index (χ4v) is 5.34. The van der Waals surface area contributed by atoms with Crippen LogP contribution in [0.3, 0.4) is 0 Å². The summed E-state index contributed by atoms with van der Waals surface area (Å²) in [5.74, 6) is -1.23. The number of imidazole rings is 1. The Morgan fingerprint density at radius 1 is 0.978 bits per heavy atom. The van der Waals surface area contributed by atoms with Crippen LogP contribution in [-0.2, 0) is 11.8 Å². The Labute approximate surface area is 257 Å². The van der Waals surface area contributed by atoms with E-state index in [4.69, 9.17) is 14.2 Å². The molecular formula is C32H31F2N7O4. The van der Waals surface area contributed by atoms with Gasteiger partial charge in [-0.1, -0.05) is 0 Å². The van der Waals surface area contributed by atoms with Gasteiger partial charge in [0, 0.05) is 42.7 Å². The van der Waals surface area contributed by atoms with Crippen molar-refractivity contribution in [2.24, 2.45) is 7.05 Å². The largest absolute Gasteiger partial charge is 0.494 e. The Hall–Kier alpha value is -5.30. The summed E-state index contributed by atoms with van der Waals surface area (Å²) in [7, 11) is 6.66. The van der Waals surface area contributed by atoms with E-state index in [1.54, 1.807) is 30.6 Å². The molecule has 1 aliphatic heterocycles. The molecule has 1 saturated heterocycles. The van der Waals surface area contributed by atoms with Crippen molar-refractivity contribution >= 4 is 45.0 Å². The summed E-state index contributed by atoms with van der Waals surface area (Å²) in [6, 6.07) is 11.0. The number of halogens is 2. The molecule has 11 nitrogen and oxygen atoms in total. The van der Waals surface area contributed by atoms with E-state index in [2.05, 4.69) is 25.6 Å². The number of likely N-dealkylation sites (N-methyl/N-ethyl adjacent to an activating group) is 1. The molecule has 13 heteroatoms. The average molecular weight is 616 g/mol. The maximum atomic E-state index is 15.4. The molecule has 6 rings (SSSR count). The Morgan fingerprint density at radius 3 is 2.53 bits per heavy atom. The third-order valence-corrected chi connectivity index (χ3v) is 7.77. The minimum absolute atomic E-state index is 0.0474. The molecule has 0 spiro atoms. The van der Waals surface area contributed by atoms with E-state index in [-0.39, 0.29) is 40.5 Å². The van der Waals surface area contributed by atoms with Crippen molar-refractivity contribution in [3.8, 4) is 23.0 Å². The van der Waals surface area contributed by atoms with Crippen molar-refractivity contribution in [2.75, 3.05) is 38.4 Å². The van der Waals surface area contributed by atoms with Crippen molar-refractivity contribution in [3.63, 3.8) is 0 Å². The first-order chi connectivity index (χ1) is 21.7. The number of aryl methyl sites for hydroxylation is 1.